The monoisotopic (exact) mass is 147 g/mol. The molecule has 0 atom stereocenters. The van der Waals surface area contributed by atoms with Crippen molar-refractivity contribution in [3.63, 3.8) is 0 Å². The van der Waals surface area contributed by atoms with Gasteiger partial charge < -0.3 is 0 Å². The van der Waals surface area contributed by atoms with Crippen LogP contribution in [0.5, 0.6) is 0 Å². The minimum atomic E-state index is 0.133. The molecule has 0 saturated carbocycles. The molecule has 0 aromatic heterocycles. The lowest BCUT2D eigenvalue weighted by Crippen LogP contribution is -1.79. The minimum Gasteiger partial charge on any atom is -0.296 e. The fraction of sp³-hybridized carbons (Fsp3) is 0.200. The zero-order valence-electron chi connectivity index (χ0n) is 6.58. The minimum absolute atomic E-state index is 0.133. The maximum atomic E-state index is 10.6. The number of hydrogen-bond acceptors (Lipinski definition) is 0. The van der Waals surface area contributed by atoms with Gasteiger partial charge in [0.1, 0.15) is 5.76 Å². The standard InChI is InChI=1S/C10H11O/c1-9(11)7-8-10-5-3-2-4-6-10/h2-7H,8H2,1H3. The summed E-state index contributed by atoms with van der Waals surface area (Å²) in [5, 5.41) is 10.6. The maximum absolute atomic E-state index is 10.6. The highest BCUT2D eigenvalue weighted by molar-refractivity contribution is 5.17. The van der Waals surface area contributed by atoms with Gasteiger partial charge in [-0.1, -0.05) is 30.3 Å². The molecule has 0 bridgehead atoms. The Balaban J connectivity index is 2.59. The van der Waals surface area contributed by atoms with Crippen LogP contribution in [0.3, 0.4) is 0 Å². The van der Waals surface area contributed by atoms with Gasteiger partial charge in [-0.25, -0.2) is 0 Å². The zero-order valence-corrected chi connectivity index (χ0v) is 6.58. The molecule has 1 aromatic carbocycles. The van der Waals surface area contributed by atoms with Gasteiger partial charge in [-0.2, -0.15) is 0 Å². The first-order valence-electron chi connectivity index (χ1n) is 3.67. The molecule has 1 aromatic rings. The van der Waals surface area contributed by atoms with Crippen LogP contribution in [-0.2, 0) is 11.5 Å². The molecule has 0 heterocycles. The van der Waals surface area contributed by atoms with E-state index in [1.165, 1.54) is 5.56 Å². The molecule has 0 aliphatic heterocycles. The molecule has 1 rings (SSSR count). The predicted molar refractivity (Wildman–Crippen MR) is 44.6 cm³/mol. The molecule has 1 heteroatoms. The van der Waals surface area contributed by atoms with Crippen LogP contribution in [0.2, 0.25) is 0 Å². The molecule has 0 aliphatic carbocycles. The molecule has 0 aliphatic rings. The van der Waals surface area contributed by atoms with Crippen LogP contribution < -0.4 is 0 Å². The van der Waals surface area contributed by atoms with Crippen molar-refractivity contribution in [2.24, 2.45) is 0 Å². The predicted octanol–water partition coefficient (Wildman–Crippen LogP) is 2.56. The smallest absolute Gasteiger partial charge is 0.148 e. The molecule has 0 fully saturated rings. The van der Waals surface area contributed by atoms with Crippen molar-refractivity contribution in [2.75, 3.05) is 0 Å². The summed E-state index contributed by atoms with van der Waals surface area (Å²) in [6.07, 6.45) is 2.44. The summed E-state index contributed by atoms with van der Waals surface area (Å²) in [6.45, 7) is 1.57. The van der Waals surface area contributed by atoms with Gasteiger partial charge in [-0.05, 0) is 25.0 Å². The summed E-state index contributed by atoms with van der Waals surface area (Å²) in [6, 6.07) is 9.95. The Labute approximate surface area is 67.0 Å². The molecular weight excluding hydrogens is 136 g/mol. The van der Waals surface area contributed by atoms with Crippen LogP contribution >= 0.6 is 0 Å². The lowest BCUT2D eigenvalue weighted by Gasteiger charge is -1.92. The molecule has 0 unspecified atom stereocenters. The summed E-state index contributed by atoms with van der Waals surface area (Å²) in [5.74, 6) is 0.133. The van der Waals surface area contributed by atoms with Gasteiger partial charge in [0.2, 0.25) is 0 Å². The van der Waals surface area contributed by atoms with Crippen molar-refractivity contribution in [1.29, 1.82) is 0 Å². The summed E-state index contributed by atoms with van der Waals surface area (Å²) in [4.78, 5) is 0. The topological polar surface area (TPSA) is 19.9 Å². The summed E-state index contributed by atoms with van der Waals surface area (Å²) in [5.41, 5.74) is 1.18. The van der Waals surface area contributed by atoms with Crippen molar-refractivity contribution in [3.05, 3.63) is 47.7 Å². The highest BCUT2D eigenvalue weighted by Crippen LogP contribution is 2.01. The first-order chi connectivity index (χ1) is 5.29. The Morgan fingerprint density at radius 2 is 2.00 bits per heavy atom. The van der Waals surface area contributed by atoms with Crippen LogP contribution in [-0.4, -0.2) is 0 Å². The summed E-state index contributed by atoms with van der Waals surface area (Å²) < 4.78 is 0. The van der Waals surface area contributed by atoms with Crippen LogP contribution in [0.4, 0.5) is 0 Å². The van der Waals surface area contributed by atoms with Crippen molar-refractivity contribution in [1.82, 2.24) is 0 Å². The van der Waals surface area contributed by atoms with Gasteiger partial charge >= 0.3 is 0 Å². The van der Waals surface area contributed by atoms with Gasteiger partial charge in [0, 0.05) is 0 Å². The van der Waals surface area contributed by atoms with Crippen LogP contribution in [0, 0.1) is 0 Å². The third kappa shape index (κ3) is 2.89. The highest BCUT2D eigenvalue weighted by Gasteiger charge is 1.87. The fourth-order valence-electron chi connectivity index (χ4n) is 0.876. The second-order valence-electron chi connectivity index (χ2n) is 2.50. The molecule has 0 saturated heterocycles. The van der Waals surface area contributed by atoms with E-state index < -0.39 is 0 Å². The van der Waals surface area contributed by atoms with Gasteiger partial charge in [0.25, 0.3) is 0 Å². The van der Waals surface area contributed by atoms with E-state index in [2.05, 4.69) is 0 Å². The second kappa shape index (κ2) is 3.81. The van der Waals surface area contributed by atoms with Gasteiger partial charge in [-0.15, -0.1) is 0 Å². The van der Waals surface area contributed by atoms with E-state index >= 15 is 0 Å². The Kier molecular flexibility index (Phi) is 2.73. The molecule has 0 spiro atoms. The molecular formula is C10H11O. The Hall–Kier alpha value is -1.24. The van der Waals surface area contributed by atoms with E-state index in [4.69, 9.17) is 0 Å². The van der Waals surface area contributed by atoms with Crippen LogP contribution in [0.1, 0.15) is 12.5 Å². The second-order valence-corrected chi connectivity index (χ2v) is 2.50. The maximum Gasteiger partial charge on any atom is 0.148 e. The van der Waals surface area contributed by atoms with Crippen molar-refractivity contribution in [2.45, 2.75) is 13.3 Å². The average Bonchev–Trinajstić information content (AvgIpc) is 2.03. The largest absolute Gasteiger partial charge is 0.296 e. The molecule has 1 nitrogen and oxygen atoms in total. The van der Waals surface area contributed by atoms with Crippen LogP contribution in [0.25, 0.3) is 0 Å². The van der Waals surface area contributed by atoms with Crippen molar-refractivity contribution < 1.29 is 5.11 Å². The quantitative estimate of drug-likeness (QED) is 0.573. The number of rotatable bonds is 2. The third-order valence-electron chi connectivity index (χ3n) is 1.47. The normalized spacial score (nSPS) is 11.5. The van der Waals surface area contributed by atoms with Gasteiger partial charge in [0.15, 0.2) is 0 Å². The van der Waals surface area contributed by atoms with E-state index in [1.807, 2.05) is 30.3 Å². The van der Waals surface area contributed by atoms with Gasteiger partial charge in [-0.3, -0.25) is 5.11 Å². The van der Waals surface area contributed by atoms with E-state index in [9.17, 15) is 5.11 Å². The summed E-state index contributed by atoms with van der Waals surface area (Å²) >= 11 is 0. The van der Waals surface area contributed by atoms with Crippen molar-refractivity contribution >= 4 is 0 Å². The molecule has 11 heavy (non-hydrogen) atoms. The SMILES string of the molecule is CC([O])=CCc1ccccc1. The first-order valence-corrected chi connectivity index (χ1v) is 3.67. The van der Waals surface area contributed by atoms with Crippen LogP contribution in [0.15, 0.2) is 42.2 Å². The van der Waals surface area contributed by atoms with E-state index in [-0.39, 0.29) is 5.76 Å². The molecule has 0 amide bonds. The lowest BCUT2D eigenvalue weighted by atomic mass is 10.1. The average molecular weight is 147 g/mol. The fourth-order valence-corrected chi connectivity index (χ4v) is 0.876. The number of benzene rings is 1. The van der Waals surface area contributed by atoms with Gasteiger partial charge in [0.05, 0.1) is 0 Å². The molecule has 0 N–H and O–H groups in total. The molecule has 57 valence electrons. The number of allylic oxidation sites excluding steroid dienone is 2. The van der Waals surface area contributed by atoms with E-state index in [0.29, 0.717) is 0 Å². The zero-order chi connectivity index (χ0) is 8.10. The Morgan fingerprint density at radius 1 is 1.36 bits per heavy atom. The Morgan fingerprint density at radius 3 is 2.55 bits per heavy atom. The summed E-state index contributed by atoms with van der Waals surface area (Å²) in [7, 11) is 0. The third-order valence-corrected chi connectivity index (χ3v) is 1.47. The lowest BCUT2D eigenvalue weighted by molar-refractivity contribution is 0.298. The number of hydrogen-bond donors (Lipinski definition) is 0. The highest BCUT2D eigenvalue weighted by atomic mass is 16.3. The molecule has 1 radical (unpaired) electrons. The van der Waals surface area contributed by atoms with E-state index in [0.717, 1.165) is 6.42 Å². The van der Waals surface area contributed by atoms with Crippen molar-refractivity contribution in [3.8, 4) is 0 Å². The van der Waals surface area contributed by atoms with E-state index in [1.54, 1.807) is 13.0 Å². The first kappa shape index (κ1) is 7.86. The Bertz CT molecular complexity index is 232.